The minimum absolute atomic E-state index is 0.0849. The van der Waals surface area contributed by atoms with Crippen molar-refractivity contribution in [2.24, 2.45) is 17.8 Å². The predicted molar refractivity (Wildman–Crippen MR) is 99.2 cm³/mol. The van der Waals surface area contributed by atoms with E-state index in [4.69, 9.17) is 0 Å². The number of rotatable bonds is 10. The van der Waals surface area contributed by atoms with E-state index in [9.17, 15) is 25.5 Å². The Hall–Kier alpha value is -0.620. The van der Waals surface area contributed by atoms with Crippen molar-refractivity contribution >= 4 is 0 Å². The molecule has 1 rings (SSSR count). The lowest BCUT2D eigenvalue weighted by Crippen LogP contribution is -2.50. The van der Waals surface area contributed by atoms with Gasteiger partial charge in [-0.1, -0.05) is 47.5 Å². The summed E-state index contributed by atoms with van der Waals surface area (Å²) in [5.74, 6) is -0.407. The standard InChI is InChI=1S/C20H38O5/c1-6-7-15(21)17-18(23)14(10-8-12(2)3)20(25,19(17)24)16(22)11-9-13(4)5/h12-16,18,21-25H,6-11H2,1-5H3. The zero-order valence-corrected chi connectivity index (χ0v) is 16.4. The molecule has 25 heavy (non-hydrogen) atoms. The second kappa shape index (κ2) is 9.36. The van der Waals surface area contributed by atoms with Gasteiger partial charge in [-0.15, -0.1) is 0 Å². The van der Waals surface area contributed by atoms with E-state index in [2.05, 4.69) is 13.8 Å². The molecule has 0 fully saturated rings. The average molecular weight is 359 g/mol. The Morgan fingerprint density at radius 3 is 2.00 bits per heavy atom. The maximum absolute atomic E-state index is 11.2. The van der Waals surface area contributed by atoms with Gasteiger partial charge in [0.15, 0.2) is 5.60 Å². The Kier molecular flexibility index (Phi) is 8.39. The minimum Gasteiger partial charge on any atom is -0.509 e. The van der Waals surface area contributed by atoms with Gasteiger partial charge < -0.3 is 25.5 Å². The molecule has 0 saturated carbocycles. The third-order valence-corrected chi connectivity index (χ3v) is 5.42. The number of aliphatic hydroxyl groups excluding tert-OH is 4. The summed E-state index contributed by atoms with van der Waals surface area (Å²) in [6, 6.07) is 0. The molecule has 0 aromatic carbocycles. The number of aliphatic hydroxyl groups is 5. The van der Waals surface area contributed by atoms with Crippen LogP contribution in [0, 0.1) is 17.8 Å². The van der Waals surface area contributed by atoms with Gasteiger partial charge in [-0.25, -0.2) is 0 Å². The molecular formula is C20H38O5. The molecule has 5 unspecified atom stereocenters. The molecule has 0 aromatic rings. The summed E-state index contributed by atoms with van der Waals surface area (Å²) in [5, 5.41) is 53.7. The van der Waals surface area contributed by atoms with Crippen LogP contribution in [-0.2, 0) is 0 Å². The van der Waals surface area contributed by atoms with Gasteiger partial charge in [-0.3, -0.25) is 0 Å². The largest absolute Gasteiger partial charge is 0.509 e. The number of hydrogen-bond donors (Lipinski definition) is 5. The summed E-state index contributed by atoms with van der Waals surface area (Å²) in [6.07, 6.45) is 0.0316. The summed E-state index contributed by atoms with van der Waals surface area (Å²) < 4.78 is 0. The fourth-order valence-electron chi connectivity index (χ4n) is 3.80. The third-order valence-electron chi connectivity index (χ3n) is 5.42. The van der Waals surface area contributed by atoms with E-state index in [1.54, 1.807) is 0 Å². The first-order valence-corrected chi connectivity index (χ1v) is 9.77. The van der Waals surface area contributed by atoms with E-state index in [0.717, 1.165) is 6.42 Å². The summed E-state index contributed by atoms with van der Waals surface area (Å²) in [4.78, 5) is 0. The number of hydrogen-bond acceptors (Lipinski definition) is 5. The van der Waals surface area contributed by atoms with Crippen molar-refractivity contribution in [3.05, 3.63) is 11.3 Å². The zero-order chi connectivity index (χ0) is 19.4. The lowest BCUT2D eigenvalue weighted by molar-refractivity contribution is -0.121. The fourth-order valence-corrected chi connectivity index (χ4v) is 3.80. The van der Waals surface area contributed by atoms with Gasteiger partial charge in [-0.2, -0.15) is 0 Å². The second-order valence-corrected chi connectivity index (χ2v) is 8.44. The Morgan fingerprint density at radius 1 is 0.960 bits per heavy atom. The van der Waals surface area contributed by atoms with Crippen LogP contribution in [0.15, 0.2) is 11.3 Å². The van der Waals surface area contributed by atoms with Gasteiger partial charge in [0.1, 0.15) is 5.76 Å². The van der Waals surface area contributed by atoms with Crippen molar-refractivity contribution in [3.63, 3.8) is 0 Å². The molecule has 0 aliphatic heterocycles. The SMILES string of the molecule is CCCC(O)C1=C(O)C(O)(C(O)CCC(C)C)C(CCC(C)C)C1O. The van der Waals surface area contributed by atoms with Crippen LogP contribution in [-0.4, -0.2) is 49.4 Å². The van der Waals surface area contributed by atoms with Crippen molar-refractivity contribution in [3.8, 4) is 0 Å². The highest BCUT2D eigenvalue weighted by Gasteiger charge is 2.57. The molecule has 5 nitrogen and oxygen atoms in total. The summed E-state index contributed by atoms with van der Waals surface area (Å²) >= 11 is 0. The topological polar surface area (TPSA) is 101 Å². The van der Waals surface area contributed by atoms with Crippen molar-refractivity contribution in [2.45, 2.75) is 97.1 Å². The molecule has 1 aliphatic rings. The molecular weight excluding hydrogens is 320 g/mol. The first-order chi connectivity index (χ1) is 11.6. The van der Waals surface area contributed by atoms with Crippen LogP contribution >= 0.6 is 0 Å². The fraction of sp³-hybridized carbons (Fsp3) is 0.900. The van der Waals surface area contributed by atoms with Crippen LogP contribution in [0.1, 0.15) is 73.1 Å². The van der Waals surface area contributed by atoms with Crippen LogP contribution in [0.3, 0.4) is 0 Å². The van der Waals surface area contributed by atoms with Crippen molar-refractivity contribution in [1.82, 2.24) is 0 Å². The van der Waals surface area contributed by atoms with Crippen LogP contribution in [0.4, 0.5) is 0 Å². The molecule has 148 valence electrons. The quantitative estimate of drug-likeness (QED) is 0.413. The van der Waals surface area contributed by atoms with Crippen LogP contribution in [0.5, 0.6) is 0 Å². The van der Waals surface area contributed by atoms with Crippen LogP contribution in [0.25, 0.3) is 0 Å². The van der Waals surface area contributed by atoms with E-state index in [1.807, 2.05) is 20.8 Å². The highest BCUT2D eigenvalue weighted by atomic mass is 16.4. The Balaban J connectivity index is 3.17. The van der Waals surface area contributed by atoms with E-state index < -0.39 is 35.6 Å². The Bertz CT molecular complexity index is 445. The molecule has 1 aliphatic carbocycles. The summed E-state index contributed by atoms with van der Waals surface area (Å²) in [6.45, 7) is 10.1. The third kappa shape index (κ3) is 4.97. The Labute approximate surface area is 152 Å². The van der Waals surface area contributed by atoms with Crippen molar-refractivity contribution in [1.29, 1.82) is 0 Å². The first kappa shape index (κ1) is 22.4. The van der Waals surface area contributed by atoms with Gasteiger partial charge in [-0.05, 0) is 37.5 Å². The van der Waals surface area contributed by atoms with Gasteiger partial charge in [0, 0.05) is 11.5 Å². The molecule has 0 saturated heterocycles. The van der Waals surface area contributed by atoms with E-state index in [-0.39, 0.29) is 5.57 Å². The molecule has 0 amide bonds. The lowest BCUT2D eigenvalue weighted by atomic mass is 9.77. The maximum atomic E-state index is 11.2. The lowest BCUT2D eigenvalue weighted by Gasteiger charge is -2.36. The van der Waals surface area contributed by atoms with E-state index in [1.165, 1.54) is 0 Å². The molecule has 0 spiro atoms. The van der Waals surface area contributed by atoms with Gasteiger partial charge in [0.05, 0.1) is 18.3 Å². The van der Waals surface area contributed by atoms with Gasteiger partial charge >= 0.3 is 0 Å². The molecule has 5 atom stereocenters. The smallest absolute Gasteiger partial charge is 0.152 e. The van der Waals surface area contributed by atoms with Crippen LogP contribution in [0.2, 0.25) is 0 Å². The Morgan fingerprint density at radius 2 is 1.52 bits per heavy atom. The first-order valence-electron chi connectivity index (χ1n) is 9.77. The minimum atomic E-state index is -1.90. The maximum Gasteiger partial charge on any atom is 0.152 e. The monoisotopic (exact) mass is 358 g/mol. The van der Waals surface area contributed by atoms with E-state index >= 15 is 0 Å². The molecule has 0 bridgehead atoms. The van der Waals surface area contributed by atoms with Gasteiger partial charge in [0.2, 0.25) is 0 Å². The molecule has 5 N–H and O–H groups in total. The van der Waals surface area contributed by atoms with E-state index in [0.29, 0.717) is 43.9 Å². The molecule has 5 heteroatoms. The van der Waals surface area contributed by atoms with Gasteiger partial charge in [0.25, 0.3) is 0 Å². The van der Waals surface area contributed by atoms with Crippen LogP contribution < -0.4 is 0 Å². The molecule has 0 aromatic heterocycles. The second-order valence-electron chi connectivity index (χ2n) is 8.44. The average Bonchev–Trinajstić information content (AvgIpc) is 2.70. The predicted octanol–water partition coefficient (Wildman–Crippen LogP) is 2.91. The van der Waals surface area contributed by atoms with Crippen molar-refractivity contribution < 1.29 is 25.5 Å². The van der Waals surface area contributed by atoms with Crippen molar-refractivity contribution in [2.75, 3.05) is 0 Å². The summed E-state index contributed by atoms with van der Waals surface area (Å²) in [5.41, 5.74) is -1.81. The molecule has 0 heterocycles. The highest BCUT2D eigenvalue weighted by molar-refractivity contribution is 5.35. The zero-order valence-electron chi connectivity index (χ0n) is 16.4. The normalized spacial score (nSPS) is 29.7. The highest BCUT2D eigenvalue weighted by Crippen LogP contribution is 2.47. The molecule has 0 radical (unpaired) electrons. The summed E-state index contributed by atoms with van der Waals surface area (Å²) in [7, 11) is 0.